The largest absolute Gasteiger partial charge is 0.463 e. The molecule has 4 heteroatoms. The van der Waals surface area contributed by atoms with E-state index in [1.54, 1.807) is 19.9 Å². The maximum atomic E-state index is 10.8. The summed E-state index contributed by atoms with van der Waals surface area (Å²) < 4.78 is 9.14. The van der Waals surface area contributed by atoms with Crippen LogP contribution in [0.3, 0.4) is 0 Å². The molecule has 0 aliphatic carbocycles. The number of hydrogen-bond donors (Lipinski definition) is 0. The summed E-state index contributed by atoms with van der Waals surface area (Å²) in [5.74, 6) is -0.655. The van der Waals surface area contributed by atoms with Gasteiger partial charge in [-0.3, -0.25) is 0 Å². The highest BCUT2D eigenvalue weighted by Gasteiger charge is 1.89. The van der Waals surface area contributed by atoms with Crippen LogP contribution in [0, 0.1) is 0 Å². The molecule has 0 unspecified atom stereocenters. The summed E-state index contributed by atoms with van der Waals surface area (Å²) in [6, 6.07) is 0. The van der Waals surface area contributed by atoms with Gasteiger partial charge in [-0.1, -0.05) is 50.3 Å². The van der Waals surface area contributed by atoms with Crippen LogP contribution in [0.2, 0.25) is 0 Å². The van der Waals surface area contributed by atoms with Crippen molar-refractivity contribution in [1.82, 2.24) is 0 Å². The van der Waals surface area contributed by atoms with E-state index in [2.05, 4.69) is 24.3 Å². The Bertz CT molecular complexity index is 365. The predicted molar refractivity (Wildman–Crippen MR) is 85.8 cm³/mol. The van der Waals surface area contributed by atoms with Crippen LogP contribution in [0.5, 0.6) is 0 Å². The fourth-order valence-electron chi connectivity index (χ4n) is 0.995. The van der Waals surface area contributed by atoms with Crippen LogP contribution in [-0.4, -0.2) is 25.2 Å². The molecule has 21 heavy (non-hydrogen) atoms. The molecule has 0 heterocycles. The molecule has 0 aromatic rings. The zero-order chi connectivity index (χ0) is 16.3. The third-order valence-electron chi connectivity index (χ3n) is 1.90. The van der Waals surface area contributed by atoms with E-state index in [0.29, 0.717) is 13.2 Å². The Hall–Kier alpha value is -2.10. The average molecular weight is 294 g/mol. The van der Waals surface area contributed by atoms with Gasteiger partial charge >= 0.3 is 11.9 Å². The molecule has 0 saturated heterocycles. The quantitative estimate of drug-likeness (QED) is 0.388. The second-order valence-electron chi connectivity index (χ2n) is 3.67. The van der Waals surface area contributed by atoms with Gasteiger partial charge in [-0.2, -0.15) is 0 Å². The van der Waals surface area contributed by atoms with Gasteiger partial charge in [0, 0.05) is 12.2 Å². The van der Waals surface area contributed by atoms with E-state index in [1.807, 2.05) is 18.2 Å². The first-order valence-corrected chi connectivity index (χ1v) is 7.08. The van der Waals surface area contributed by atoms with Crippen molar-refractivity contribution < 1.29 is 19.1 Å². The van der Waals surface area contributed by atoms with Gasteiger partial charge in [0.15, 0.2) is 0 Å². The van der Waals surface area contributed by atoms with Crippen molar-refractivity contribution in [1.29, 1.82) is 0 Å². The molecule has 0 atom stereocenters. The molecule has 0 aromatic heterocycles. The normalized spacial score (nSPS) is 10.4. The van der Waals surface area contributed by atoms with Crippen LogP contribution >= 0.6 is 0 Å². The predicted octanol–water partition coefficient (Wildman–Crippen LogP) is 3.75. The third-order valence-corrected chi connectivity index (χ3v) is 1.90. The lowest BCUT2D eigenvalue weighted by Crippen LogP contribution is -1.98. The van der Waals surface area contributed by atoms with Crippen molar-refractivity contribution in [3.63, 3.8) is 0 Å². The highest BCUT2D eigenvalue weighted by atomic mass is 16.5. The van der Waals surface area contributed by atoms with Crippen LogP contribution in [0.25, 0.3) is 0 Å². The highest BCUT2D eigenvalue weighted by molar-refractivity contribution is 5.82. The minimum absolute atomic E-state index is 0.297. The minimum Gasteiger partial charge on any atom is -0.463 e. The van der Waals surface area contributed by atoms with Crippen LogP contribution < -0.4 is 0 Å². The summed E-state index contributed by atoms with van der Waals surface area (Å²) in [5, 5.41) is 0. The Kier molecular flexibility index (Phi) is 18.1. The number of unbranched alkanes of at least 4 members (excludes halogenated alkanes) is 1. The number of esters is 2. The van der Waals surface area contributed by atoms with E-state index in [4.69, 9.17) is 4.74 Å². The summed E-state index contributed by atoms with van der Waals surface area (Å²) in [6.45, 7) is 9.72. The Labute approximate surface area is 127 Å². The summed E-state index contributed by atoms with van der Waals surface area (Å²) in [7, 11) is 0. The third kappa shape index (κ3) is 20.4. The van der Waals surface area contributed by atoms with E-state index < -0.39 is 0 Å². The first-order valence-electron chi connectivity index (χ1n) is 7.08. The van der Waals surface area contributed by atoms with Gasteiger partial charge < -0.3 is 9.47 Å². The Morgan fingerprint density at radius 3 is 1.95 bits per heavy atom. The molecular weight excluding hydrogens is 268 g/mol. The fraction of sp³-hybridized carbons (Fsp3) is 0.412. The molecule has 0 fully saturated rings. The van der Waals surface area contributed by atoms with Crippen LogP contribution in [0.4, 0.5) is 0 Å². The second-order valence-corrected chi connectivity index (χ2v) is 3.67. The molecule has 0 N–H and O–H groups in total. The van der Waals surface area contributed by atoms with E-state index in [-0.39, 0.29) is 11.9 Å². The molecule has 0 aliphatic heterocycles. The molecule has 0 aliphatic rings. The first kappa shape index (κ1) is 21.2. The lowest BCUT2D eigenvalue weighted by Gasteiger charge is -1.92. The van der Waals surface area contributed by atoms with Crippen molar-refractivity contribution in [2.45, 2.75) is 33.6 Å². The number of rotatable bonds is 8. The molecule has 118 valence electrons. The Morgan fingerprint density at radius 2 is 1.48 bits per heavy atom. The summed E-state index contributed by atoms with van der Waals surface area (Å²) >= 11 is 0. The monoisotopic (exact) mass is 294 g/mol. The highest BCUT2D eigenvalue weighted by Crippen LogP contribution is 1.89. The summed E-state index contributed by atoms with van der Waals surface area (Å²) in [6.07, 6.45) is 14.2. The van der Waals surface area contributed by atoms with E-state index in [0.717, 1.165) is 18.9 Å². The van der Waals surface area contributed by atoms with Gasteiger partial charge in [-0.05, 0) is 20.3 Å². The maximum Gasteiger partial charge on any atom is 0.330 e. The molecule has 0 rings (SSSR count). The van der Waals surface area contributed by atoms with Gasteiger partial charge in [0.05, 0.1) is 13.2 Å². The van der Waals surface area contributed by atoms with E-state index in [1.165, 1.54) is 6.08 Å². The zero-order valence-corrected chi connectivity index (χ0v) is 13.2. The zero-order valence-electron chi connectivity index (χ0n) is 13.2. The van der Waals surface area contributed by atoms with Gasteiger partial charge in [0.1, 0.15) is 0 Å². The van der Waals surface area contributed by atoms with Crippen molar-refractivity contribution in [2.75, 3.05) is 13.2 Å². The average Bonchev–Trinajstić information content (AvgIpc) is 2.47. The van der Waals surface area contributed by atoms with Gasteiger partial charge in [-0.15, -0.1) is 0 Å². The Balaban J connectivity index is 0. The van der Waals surface area contributed by atoms with Crippen LogP contribution in [0.15, 0.2) is 49.1 Å². The lowest BCUT2D eigenvalue weighted by atomic mass is 10.3. The van der Waals surface area contributed by atoms with Crippen molar-refractivity contribution in [2.24, 2.45) is 0 Å². The standard InChI is InChI=1S/C12H18O2.C5H8O2/c1-3-5-6-7-8-9-10-11-12(13)14-4-2;1-3-5(6)7-4-2/h6-11H,3-5H2,1-2H3;3H,1,4H2,2H3. The molecule has 0 aromatic carbocycles. The SMILES string of the molecule is C=CC(=O)OCC.CCCC=CC=CC=CC(=O)OCC. The van der Waals surface area contributed by atoms with Crippen molar-refractivity contribution in [3.8, 4) is 0 Å². The van der Waals surface area contributed by atoms with Crippen LogP contribution in [0.1, 0.15) is 33.6 Å². The molecule has 0 amide bonds. The number of ether oxygens (including phenoxy) is 2. The van der Waals surface area contributed by atoms with Gasteiger partial charge in [-0.25, -0.2) is 9.59 Å². The van der Waals surface area contributed by atoms with Crippen molar-refractivity contribution in [3.05, 3.63) is 49.1 Å². The first-order chi connectivity index (χ1) is 10.1. The topological polar surface area (TPSA) is 52.6 Å². The number of allylic oxidation sites excluding steroid dienone is 5. The molecule has 0 bridgehead atoms. The fourth-order valence-corrected chi connectivity index (χ4v) is 0.995. The minimum atomic E-state index is -0.359. The molecule has 0 saturated carbocycles. The Morgan fingerprint density at radius 1 is 0.905 bits per heavy atom. The van der Waals surface area contributed by atoms with Crippen molar-refractivity contribution >= 4 is 11.9 Å². The maximum absolute atomic E-state index is 10.8. The smallest absolute Gasteiger partial charge is 0.330 e. The molecule has 0 radical (unpaired) electrons. The molecule has 0 spiro atoms. The van der Waals surface area contributed by atoms with E-state index in [9.17, 15) is 9.59 Å². The van der Waals surface area contributed by atoms with E-state index >= 15 is 0 Å². The second kappa shape index (κ2) is 17.9. The lowest BCUT2D eigenvalue weighted by molar-refractivity contribution is -0.138. The number of carbonyl (C=O) groups is 2. The summed E-state index contributed by atoms with van der Waals surface area (Å²) in [5.41, 5.74) is 0. The molecular formula is C17H26O4. The number of carbonyl (C=O) groups excluding carboxylic acids is 2. The molecule has 4 nitrogen and oxygen atoms in total. The van der Waals surface area contributed by atoms with Gasteiger partial charge in [0.2, 0.25) is 0 Å². The summed E-state index contributed by atoms with van der Waals surface area (Å²) in [4.78, 5) is 20.9. The number of hydrogen-bond acceptors (Lipinski definition) is 4. The van der Waals surface area contributed by atoms with Crippen LogP contribution in [-0.2, 0) is 19.1 Å². The van der Waals surface area contributed by atoms with Gasteiger partial charge in [0.25, 0.3) is 0 Å².